The van der Waals surface area contributed by atoms with Gasteiger partial charge in [0, 0.05) is 18.8 Å². The van der Waals surface area contributed by atoms with Crippen LogP contribution < -0.4 is 10.1 Å². The molecule has 1 N–H and O–H groups in total. The summed E-state index contributed by atoms with van der Waals surface area (Å²) in [6, 6.07) is 11.2. The number of anilines is 1. The van der Waals surface area contributed by atoms with Gasteiger partial charge in [0.1, 0.15) is 5.75 Å². The van der Waals surface area contributed by atoms with Crippen LogP contribution in [0.2, 0.25) is 0 Å². The number of sulfonamides is 1. The highest BCUT2D eigenvalue weighted by Gasteiger charge is 2.33. The number of nitrogens with zero attached hydrogens (tertiary/aromatic N) is 1. The van der Waals surface area contributed by atoms with Crippen LogP contribution in [0.4, 0.5) is 5.69 Å². The number of carbonyl (C=O) groups excluding carboxylic acids is 2. The Kier molecular flexibility index (Phi) is 7.52. The second-order valence-electron chi connectivity index (χ2n) is 7.62. The number of ether oxygens (including phenoxy) is 2. The van der Waals surface area contributed by atoms with Crippen LogP contribution in [-0.4, -0.2) is 51.4 Å². The summed E-state index contributed by atoms with van der Waals surface area (Å²) >= 11 is 0. The van der Waals surface area contributed by atoms with Crippen LogP contribution in [0.1, 0.15) is 35.7 Å². The van der Waals surface area contributed by atoms with E-state index in [0.717, 1.165) is 5.56 Å². The summed E-state index contributed by atoms with van der Waals surface area (Å²) in [7, 11) is -2.43. The van der Waals surface area contributed by atoms with E-state index < -0.39 is 21.9 Å². The number of esters is 1. The lowest BCUT2D eigenvalue weighted by Crippen LogP contribution is -2.43. The van der Waals surface area contributed by atoms with E-state index in [1.54, 1.807) is 42.5 Å². The molecule has 8 nitrogen and oxygen atoms in total. The van der Waals surface area contributed by atoms with Crippen LogP contribution in [-0.2, 0) is 19.6 Å². The van der Waals surface area contributed by atoms with E-state index in [-0.39, 0.29) is 17.3 Å². The van der Waals surface area contributed by atoms with Crippen molar-refractivity contribution in [2.45, 2.75) is 31.6 Å². The summed E-state index contributed by atoms with van der Waals surface area (Å²) in [5.41, 5.74) is 1.66. The van der Waals surface area contributed by atoms with Crippen molar-refractivity contribution in [3.05, 3.63) is 53.6 Å². The normalized spacial score (nSPS) is 16.9. The number of carbonyl (C=O) groups is 2. The fraction of sp³-hybridized carbons (Fsp3) is 0.391. The molecule has 0 saturated carbocycles. The molecule has 1 fully saturated rings. The predicted molar refractivity (Wildman–Crippen MR) is 120 cm³/mol. The Morgan fingerprint density at radius 3 is 2.50 bits per heavy atom. The first-order valence-corrected chi connectivity index (χ1v) is 11.9. The predicted octanol–water partition coefficient (Wildman–Crippen LogP) is 3.22. The zero-order valence-corrected chi connectivity index (χ0v) is 19.3. The van der Waals surface area contributed by atoms with Gasteiger partial charge in [0.2, 0.25) is 15.9 Å². The molecule has 1 aliphatic rings. The summed E-state index contributed by atoms with van der Waals surface area (Å²) in [6.45, 7) is 4.66. The third kappa shape index (κ3) is 5.28. The molecule has 172 valence electrons. The average molecular weight is 461 g/mol. The van der Waals surface area contributed by atoms with Gasteiger partial charge in [-0.25, -0.2) is 13.2 Å². The van der Waals surface area contributed by atoms with Crippen molar-refractivity contribution in [3.8, 4) is 5.75 Å². The molecule has 0 bridgehead atoms. The van der Waals surface area contributed by atoms with E-state index in [0.29, 0.717) is 43.0 Å². The lowest BCUT2D eigenvalue weighted by molar-refractivity contribution is -0.120. The molecule has 0 spiro atoms. The summed E-state index contributed by atoms with van der Waals surface area (Å²) < 4.78 is 37.9. The van der Waals surface area contributed by atoms with Gasteiger partial charge in [-0.1, -0.05) is 0 Å². The lowest BCUT2D eigenvalue weighted by Gasteiger charge is -2.31. The third-order valence-electron chi connectivity index (χ3n) is 5.41. The zero-order valence-electron chi connectivity index (χ0n) is 18.5. The quantitative estimate of drug-likeness (QED) is 0.637. The number of benzene rings is 2. The van der Waals surface area contributed by atoms with E-state index >= 15 is 0 Å². The highest BCUT2D eigenvalue weighted by Crippen LogP contribution is 2.28. The van der Waals surface area contributed by atoms with Crippen LogP contribution >= 0.6 is 0 Å². The number of piperidine rings is 1. The first-order chi connectivity index (χ1) is 15.3. The maximum atomic E-state index is 13.2. The molecular formula is C23H28N2O6S. The maximum Gasteiger partial charge on any atom is 0.337 e. The van der Waals surface area contributed by atoms with Gasteiger partial charge in [0.05, 0.1) is 30.1 Å². The van der Waals surface area contributed by atoms with Crippen LogP contribution in [0.25, 0.3) is 0 Å². The van der Waals surface area contributed by atoms with Crippen LogP contribution in [0.15, 0.2) is 47.4 Å². The van der Waals surface area contributed by atoms with Crippen molar-refractivity contribution in [2.75, 3.05) is 32.1 Å². The Labute approximate surface area is 188 Å². The summed E-state index contributed by atoms with van der Waals surface area (Å²) in [5, 5.41) is 2.81. The minimum atomic E-state index is -3.73. The van der Waals surface area contributed by atoms with Gasteiger partial charge in [0.15, 0.2) is 0 Å². The minimum absolute atomic E-state index is 0.112. The Morgan fingerprint density at radius 2 is 1.88 bits per heavy atom. The molecule has 1 atom stereocenters. The van der Waals surface area contributed by atoms with Crippen LogP contribution in [0.3, 0.4) is 0 Å². The van der Waals surface area contributed by atoms with Crippen molar-refractivity contribution in [1.82, 2.24) is 4.31 Å². The SMILES string of the molecule is CCOc1ccc(S(=O)(=O)N2CCC[C@@H](C(=O)Nc3ccc(C(=O)OC)cc3)C2)cc1C. The Balaban J connectivity index is 1.69. The molecule has 3 rings (SSSR count). The van der Waals surface area contributed by atoms with E-state index in [1.165, 1.54) is 11.4 Å². The molecule has 1 saturated heterocycles. The van der Waals surface area contributed by atoms with Gasteiger partial charge in [-0.05, 0) is 74.7 Å². The van der Waals surface area contributed by atoms with Crippen LogP contribution in [0.5, 0.6) is 5.75 Å². The second kappa shape index (κ2) is 10.1. The number of aryl methyl sites for hydroxylation is 1. The number of nitrogens with one attached hydrogen (secondary N) is 1. The van der Waals surface area contributed by atoms with Gasteiger partial charge in [-0.2, -0.15) is 4.31 Å². The number of hydrogen-bond acceptors (Lipinski definition) is 6. The molecule has 0 radical (unpaired) electrons. The molecule has 1 aliphatic heterocycles. The molecule has 32 heavy (non-hydrogen) atoms. The first-order valence-electron chi connectivity index (χ1n) is 10.5. The lowest BCUT2D eigenvalue weighted by atomic mass is 9.98. The number of hydrogen-bond donors (Lipinski definition) is 1. The maximum absolute atomic E-state index is 13.2. The van der Waals surface area contributed by atoms with Crippen molar-refractivity contribution in [2.24, 2.45) is 5.92 Å². The smallest absolute Gasteiger partial charge is 0.337 e. The standard InChI is InChI=1S/C23H28N2O6S/c1-4-31-21-12-11-20(14-16(21)2)32(28,29)25-13-5-6-18(15-25)22(26)24-19-9-7-17(8-10-19)23(27)30-3/h7-12,14,18H,4-6,13,15H2,1-3H3,(H,24,26)/t18-/m1/s1. The monoisotopic (exact) mass is 460 g/mol. The van der Waals surface area contributed by atoms with Gasteiger partial charge in [-0.3, -0.25) is 4.79 Å². The summed E-state index contributed by atoms with van der Waals surface area (Å²) in [4.78, 5) is 24.5. The van der Waals surface area contributed by atoms with Gasteiger partial charge in [0.25, 0.3) is 0 Å². The van der Waals surface area contributed by atoms with E-state index in [4.69, 9.17) is 4.74 Å². The number of methoxy groups -OCH3 is 1. The number of rotatable bonds is 7. The fourth-order valence-corrected chi connectivity index (χ4v) is 5.28. The van der Waals surface area contributed by atoms with Crippen molar-refractivity contribution in [1.29, 1.82) is 0 Å². The van der Waals surface area contributed by atoms with Gasteiger partial charge >= 0.3 is 5.97 Å². The Bertz CT molecular complexity index is 1080. The zero-order chi connectivity index (χ0) is 23.3. The van der Waals surface area contributed by atoms with E-state index in [2.05, 4.69) is 10.1 Å². The topological polar surface area (TPSA) is 102 Å². The number of amides is 1. The van der Waals surface area contributed by atoms with E-state index in [9.17, 15) is 18.0 Å². The minimum Gasteiger partial charge on any atom is -0.494 e. The summed E-state index contributed by atoms with van der Waals surface area (Å²) in [6.07, 6.45) is 1.19. The molecule has 2 aromatic carbocycles. The molecule has 2 aromatic rings. The molecule has 1 heterocycles. The first kappa shape index (κ1) is 23.7. The van der Waals surface area contributed by atoms with E-state index in [1.807, 2.05) is 13.8 Å². The second-order valence-corrected chi connectivity index (χ2v) is 9.56. The third-order valence-corrected chi connectivity index (χ3v) is 7.27. The molecule has 9 heteroatoms. The van der Waals surface area contributed by atoms with Crippen molar-refractivity contribution >= 4 is 27.6 Å². The highest BCUT2D eigenvalue weighted by molar-refractivity contribution is 7.89. The molecule has 1 amide bonds. The van der Waals surface area contributed by atoms with Crippen molar-refractivity contribution < 1.29 is 27.5 Å². The molecular weight excluding hydrogens is 432 g/mol. The van der Waals surface area contributed by atoms with Crippen LogP contribution in [0, 0.1) is 12.8 Å². The largest absolute Gasteiger partial charge is 0.494 e. The fourth-order valence-electron chi connectivity index (χ4n) is 3.68. The Hall–Kier alpha value is -2.91. The molecule has 0 aromatic heterocycles. The molecule has 0 aliphatic carbocycles. The highest BCUT2D eigenvalue weighted by atomic mass is 32.2. The van der Waals surface area contributed by atoms with Gasteiger partial charge in [-0.15, -0.1) is 0 Å². The molecule has 0 unspecified atom stereocenters. The summed E-state index contributed by atoms with van der Waals surface area (Å²) in [5.74, 6) is -0.526. The average Bonchev–Trinajstić information content (AvgIpc) is 2.80. The van der Waals surface area contributed by atoms with Gasteiger partial charge < -0.3 is 14.8 Å². The Morgan fingerprint density at radius 1 is 1.16 bits per heavy atom. The van der Waals surface area contributed by atoms with Crippen molar-refractivity contribution in [3.63, 3.8) is 0 Å².